The molecule has 0 fully saturated rings. The van der Waals surface area contributed by atoms with Crippen molar-refractivity contribution in [1.29, 1.82) is 0 Å². The van der Waals surface area contributed by atoms with Crippen LogP contribution in [0, 0.1) is 5.92 Å². The molecular weight excluding hydrogens is 164 g/mol. The molecule has 3 nitrogen and oxygen atoms in total. The van der Waals surface area contributed by atoms with Crippen molar-refractivity contribution in [2.24, 2.45) is 5.92 Å². The number of fused-ring (bicyclic) bond motifs is 1. The van der Waals surface area contributed by atoms with Gasteiger partial charge in [0.05, 0.1) is 0 Å². The van der Waals surface area contributed by atoms with Gasteiger partial charge in [-0.1, -0.05) is 13.8 Å². The van der Waals surface area contributed by atoms with Gasteiger partial charge in [0.25, 0.3) is 5.56 Å². The number of hydrogen-bond donors (Lipinski definition) is 1. The lowest BCUT2D eigenvalue weighted by Crippen LogP contribution is -2.21. The average molecular weight is 180 g/mol. The Hall–Kier alpha value is -0.990. The highest BCUT2D eigenvalue weighted by Crippen LogP contribution is 2.16. The summed E-state index contributed by atoms with van der Waals surface area (Å²) in [5, 5.41) is 3.20. The second-order valence-electron chi connectivity index (χ2n) is 4.23. The lowest BCUT2D eigenvalue weighted by molar-refractivity contribution is 0.468. The third-order valence-corrected chi connectivity index (χ3v) is 2.54. The minimum Gasteiger partial charge on any atom is -0.299 e. The van der Waals surface area contributed by atoms with E-state index in [0.29, 0.717) is 5.92 Å². The fourth-order valence-electron chi connectivity index (χ4n) is 1.97. The first kappa shape index (κ1) is 8.60. The predicted octanol–water partition coefficient (Wildman–Crippen LogP) is 1.32. The third-order valence-electron chi connectivity index (χ3n) is 2.54. The molecule has 0 unspecified atom stereocenters. The van der Waals surface area contributed by atoms with Crippen molar-refractivity contribution in [3.8, 4) is 0 Å². The van der Waals surface area contributed by atoms with Crippen molar-refractivity contribution < 1.29 is 0 Å². The SMILES string of the molecule is CC(C)Cn1[nH]c2c(c1=O)CCC2. The Balaban J connectivity index is 2.34. The Morgan fingerprint density at radius 2 is 2.23 bits per heavy atom. The van der Waals surface area contributed by atoms with E-state index in [2.05, 4.69) is 18.9 Å². The van der Waals surface area contributed by atoms with E-state index in [9.17, 15) is 4.79 Å². The smallest absolute Gasteiger partial charge is 0.269 e. The summed E-state index contributed by atoms with van der Waals surface area (Å²) < 4.78 is 1.76. The number of hydrogen-bond acceptors (Lipinski definition) is 1. The highest BCUT2D eigenvalue weighted by molar-refractivity contribution is 5.22. The number of aromatic nitrogens is 2. The summed E-state index contributed by atoms with van der Waals surface area (Å²) in [7, 11) is 0. The molecule has 1 aromatic rings. The normalized spacial score (nSPS) is 15.3. The summed E-state index contributed by atoms with van der Waals surface area (Å²) in [5.41, 5.74) is 2.41. The fourth-order valence-corrected chi connectivity index (χ4v) is 1.97. The minimum absolute atomic E-state index is 0.209. The first-order chi connectivity index (χ1) is 6.18. The Bertz CT molecular complexity index is 359. The van der Waals surface area contributed by atoms with Crippen LogP contribution in [0.1, 0.15) is 31.5 Å². The lowest BCUT2D eigenvalue weighted by atomic mass is 10.2. The van der Waals surface area contributed by atoms with Gasteiger partial charge >= 0.3 is 0 Å². The van der Waals surface area contributed by atoms with E-state index in [1.165, 1.54) is 5.69 Å². The van der Waals surface area contributed by atoms with Crippen molar-refractivity contribution in [3.63, 3.8) is 0 Å². The van der Waals surface area contributed by atoms with E-state index in [0.717, 1.165) is 31.4 Å². The van der Waals surface area contributed by atoms with E-state index < -0.39 is 0 Å². The second-order valence-corrected chi connectivity index (χ2v) is 4.23. The molecular formula is C10H16N2O. The van der Waals surface area contributed by atoms with Gasteiger partial charge in [0, 0.05) is 17.8 Å². The number of rotatable bonds is 2. The molecule has 0 radical (unpaired) electrons. The highest BCUT2D eigenvalue weighted by atomic mass is 16.1. The van der Waals surface area contributed by atoms with E-state index in [-0.39, 0.29) is 5.56 Å². The van der Waals surface area contributed by atoms with E-state index >= 15 is 0 Å². The van der Waals surface area contributed by atoms with Crippen molar-refractivity contribution in [2.75, 3.05) is 0 Å². The van der Waals surface area contributed by atoms with Crippen LogP contribution in [0.4, 0.5) is 0 Å². The number of nitrogens with zero attached hydrogens (tertiary/aromatic N) is 1. The zero-order valence-corrected chi connectivity index (χ0v) is 8.26. The van der Waals surface area contributed by atoms with Crippen molar-refractivity contribution in [3.05, 3.63) is 21.6 Å². The van der Waals surface area contributed by atoms with Crippen LogP contribution in [0.25, 0.3) is 0 Å². The first-order valence-corrected chi connectivity index (χ1v) is 4.99. The second kappa shape index (κ2) is 3.05. The van der Waals surface area contributed by atoms with Gasteiger partial charge in [-0.05, 0) is 25.2 Å². The molecule has 0 aliphatic heterocycles. The maximum atomic E-state index is 11.7. The number of nitrogens with one attached hydrogen (secondary N) is 1. The average Bonchev–Trinajstić information content (AvgIpc) is 2.56. The number of H-pyrrole nitrogens is 1. The molecule has 2 rings (SSSR count). The summed E-state index contributed by atoms with van der Waals surface area (Å²) in [6, 6.07) is 0. The molecule has 0 atom stereocenters. The summed E-state index contributed by atoms with van der Waals surface area (Å²) in [4.78, 5) is 11.7. The monoisotopic (exact) mass is 180 g/mol. The summed E-state index contributed by atoms with van der Waals surface area (Å²) in [6.07, 6.45) is 3.16. The quantitative estimate of drug-likeness (QED) is 0.732. The van der Waals surface area contributed by atoms with Gasteiger partial charge in [-0.2, -0.15) is 0 Å². The molecule has 1 N–H and O–H groups in total. The minimum atomic E-state index is 0.209. The number of aromatic amines is 1. The molecule has 1 aliphatic rings. The summed E-state index contributed by atoms with van der Waals surface area (Å²) >= 11 is 0. The topological polar surface area (TPSA) is 37.8 Å². The molecule has 0 saturated heterocycles. The molecule has 72 valence electrons. The zero-order chi connectivity index (χ0) is 9.42. The molecule has 3 heteroatoms. The van der Waals surface area contributed by atoms with E-state index in [4.69, 9.17) is 0 Å². The van der Waals surface area contributed by atoms with E-state index in [1.807, 2.05) is 0 Å². The van der Waals surface area contributed by atoms with Crippen LogP contribution >= 0.6 is 0 Å². The van der Waals surface area contributed by atoms with Gasteiger partial charge in [0.2, 0.25) is 0 Å². The van der Waals surface area contributed by atoms with Crippen molar-refractivity contribution >= 4 is 0 Å². The van der Waals surface area contributed by atoms with Crippen LogP contribution in [0.15, 0.2) is 4.79 Å². The summed E-state index contributed by atoms with van der Waals surface area (Å²) in [6.45, 7) is 5.06. The van der Waals surface area contributed by atoms with Gasteiger partial charge in [-0.15, -0.1) is 0 Å². The molecule has 1 aromatic heterocycles. The van der Waals surface area contributed by atoms with Crippen LogP contribution in [-0.4, -0.2) is 9.78 Å². The lowest BCUT2D eigenvalue weighted by Gasteiger charge is -2.04. The molecule has 0 saturated carbocycles. The van der Waals surface area contributed by atoms with Gasteiger partial charge in [0.1, 0.15) is 0 Å². The fraction of sp³-hybridized carbons (Fsp3) is 0.700. The molecule has 13 heavy (non-hydrogen) atoms. The molecule has 0 bridgehead atoms. The van der Waals surface area contributed by atoms with Crippen molar-refractivity contribution in [2.45, 2.75) is 39.7 Å². The van der Waals surface area contributed by atoms with E-state index in [1.54, 1.807) is 4.68 Å². The van der Waals surface area contributed by atoms with Crippen LogP contribution < -0.4 is 5.56 Å². The van der Waals surface area contributed by atoms with Crippen LogP contribution in [0.3, 0.4) is 0 Å². The van der Waals surface area contributed by atoms with Crippen LogP contribution in [0.2, 0.25) is 0 Å². The Labute approximate surface area is 77.7 Å². The molecule has 1 heterocycles. The Kier molecular flexibility index (Phi) is 2.02. The molecule has 0 amide bonds. The largest absolute Gasteiger partial charge is 0.299 e. The zero-order valence-electron chi connectivity index (χ0n) is 8.26. The van der Waals surface area contributed by atoms with Gasteiger partial charge in [-0.3, -0.25) is 14.6 Å². The van der Waals surface area contributed by atoms with Gasteiger partial charge in [-0.25, -0.2) is 0 Å². The van der Waals surface area contributed by atoms with Gasteiger partial charge < -0.3 is 0 Å². The maximum Gasteiger partial charge on any atom is 0.269 e. The number of aryl methyl sites for hydroxylation is 1. The molecule has 0 spiro atoms. The first-order valence-electron chi connectivity index (χ1n) is 4.99. The standard InChI is InChI=1S/C10H16N2O/c1-7(2)6-12-10(13)8-4-3-5-9(8)11-12/h7,11H,3-6H2,1-2H3. The van der Waals surface area contributed by atoms with Crippen LogP contribution in [-0.2, 0) is 19.4 Å². The van der Waals surface area contributed by atoms with Crippen LogP contribution in [0.5, 0.6) is 0 Å². The molecule has 0 aromatic carbocycles. The Morgan fingerprint density at radius 1 is 1.46 bits per heavy atom. The van der Waals surface area contributed by atoms with Gasteiger partial charge in [0.15, 0.2) is 0 Å². The van der Waals surface area contributed by atoms with Crippen molar-refractivity contribution in [1.82, 2.24) is 9.78 Å². The third kappa shape index (κ3) is 1.43. The molecule has 1 aliphatic carbocycles. The highest BCUT2D eigenvalue weighted by Gasteiger charge is 2.18. The Morgan fingerprint density at radius 3 is 2.85 bits per heavy atom. The predicted molar refractivity (Wildman–Crippen MR) is 51.9 cm³/mol. The summed E-state index contributed by atoms with van der Waals surface area (Å²) in [5.74, 6) is 0.525. The maximum absolute atomic E-state index is 11.7.